The summed E-state index contributed by atoms with van der Waals surface area (Å²) in [5, 5.41) is 2.94. The standard InChI is InChI=1S/C26H41BN3O5/c1-17(2)19(24(34)35-10)29(8)23(33)20(25(3,4)5)28-22(32)21(30(9)27-16-31)26(6,7)18-14-12-11-13-15-18/h11-17,19-21H,1-10H3,(H,28,32)/t19-,20+,21?/m0/s1. The molecule has 3 atom stereocenters. The molecule has 193 valence electrons. The lowest BCUT2D eigenvalue weighted by Crippen LogP contribution is -2.63. The van der Waals surface area contributed by atoms with E-state index < -0.39 is 46.7 Å². The van der Waals surface area contributed by atoms with Crippen molar-refractivity contribution >= 4 is 31.4 Å². The van der Waals surface area contributed by atoms with Gasteiger partial charge in [0.25, 0.3) is 7.41 Å². The predicted molar refractivity (Wildman–Crippen MR) is 138 cm³/mol. The number of ether oxygens (including phenoxy) is 1. The third-order valence-corrected chi connectivity index (χ3v) is 6.39. The molecule has 9 heteroatoms. The van der Waals surface area contributed by atoms with Gasteiger partial charge in [-0.25, -0.2) is 4.79 Å². The zero-order valence-corrected chi connectivity index (χ0v) is 22.8. The minimum Gasteiger partial charge on any atom is -0.467 e. The van der Waals surface area contributed by atoms with Crippen molar-refractivity contribution in [1.29, 1.82) is 0 Å². The molecule has 0 aliphatic rings. The van der Waals surface area contributed by atoms with Gasteiger partial charge in [0.1, 0.15) is 12.1 Å². The summed E-state index contributed by atoms with van der Waals surface area (Å²) >= 11 is 0. The van der Waals surface area contributed by atoms with Gasteiger partial charge in [-0.05, 0) is 23.9 Å². The fraction of sp³-hybridized carbons (Fsp3) is 0.615. The maximum atomic E-state index is 13.8. The van der Waals surface area contributed by atoms with E-state index in [1.165, 1.54) is 19.4 Å². The van der Waals surface area contributed by atoms with E-state index in [0.717, 1.165) is 5.56 Å². The van der Waals surface area contributed by atoms with Gasteiger partial charge in [0, 0.05) is 12.5 Å². The van der Waals surface area contributed by atoms with Crippen LogP contribution in [-0.2, 0) is 29.3 Å². The molecular formula is C26H41BN3O5. The van der Waals surface area contributed by atoms with Crippen LogP contribution in [0.2, 0.25) is 0 Å². The Hall–Kier alpha value is -2.68. The van der Waals surface area contributed by atoms with E-state index in [1.807, 2.05) is 78.8 Å². The number of likely N-dealkylation sites (N-methyl/N-ethyl adjacent to an activating group) is 2. The maximum absolute atomic E-state index is 13.8. The lowest BCUT2D eigenvalue weighted by atomic mass is 9.73. The summed E-state index contributed by atoms with van der Waals surface area (Å²) in [6.07, 6.45) is 0.630. The highest BCUT2D eigenvalue weighted by molar-refractivity contribution is 6.64. The van der Waals surface area contributed by atoms with Crippen LogP contribution in [0.4, 0.5) is 0 Å². The number of benzene rings is 1. The second-order valence-electron chi connectivity index (χ2n) is 10.9. The van der Waals surface area contributed by atoms with E-state index in [2.05, 4.69) is 5.32 Å². The molecule has 1 rings (SSSR count). The Balaban J connectivity index is 3.42. The first-order valence-corrected chi connectivity index (χ1v) is 11.8. The van der Waals surface area contributed by atoms with Crippen LogP contribution < -0.4 is 5.32 Å². The van der Waals surface area contributed by atoms with Crippen molar-refractivity contribution in [1.82, 2.24) is 15.0 Å². The molecular weight excluding hydrogens is 445 g/mol. The van der Waals surface area contributed by atoms with Crippen LogP contribution in [-0.4, -0.2) is 80.4 Å². The maximum Gasteiger partial charge on any atom is 0.328 e. The molecule has 0 aliphatic carbocycles. The summed E-state index contributed by atoms with van der Waals surface area (Å²) in [6, 6.07) is 7.03. The second kappa shape index (κ2) is 12.3. The number of nitrogens with zero attached hydrogens (tertiary/aromatic N) is 2. The molecule has 8 nitrogen and oxygen atoms in total. The Morgan fingerprint density at radius 2 is 1.57 bits per heavy atom. The third-order valence-electron chi connectivity index (χ3n) is 6.39. The number of carbonyl (C=O) groups excluding carboxylic acids is 4. The third kappa shape index (κ3) is 7.40. The van der Waals surface area contributed by atoms with E-state index in [9.17, 15) is 19.2 Å². The molecule has 0 aliphatic heterocycles. The number of hydrogen-bond acceptors (Lipinski definition) is 6. The van der Waals surface area contributed by atoms with Crippen LogP contribution in [0.25, 0.3) is 0 Å². The number of carbonyl (C=O) groups is 4. The molecule has 0 bridgehead atoms. The van der Waals surface area contributed by atoms with E-state index in [1.54, 1.807) is 18.9 Å². The van der Waals surface area contributed by atoms with Crippen LogP contribution >= 0.6 is 0 Å². The fourth-order valence-corrected chi connectivity index (χ4v) is 4.44. The number of rotatable bonds is 11. The largest absolute Gasteiger partial charge is 0.467 e. The van der Waals surface area contributed by atoms with Crippen molar-refractivity contribution in [3.05, 3.63) is 35.9 Å². The Labute approximate surface area is 211 Å². The highest BCUT2D eigenvalue weighted by Crippen LogP contribution is 2.31. The average molecular weight is 486 g/mol. The Morgan fingerprint density at radius 3 is 2.00 bits per heavy atom. The van der Waals surface area contributed by atoms with Gasteiger partial charge in [-0.2, -0.15) is 0 Å². The first-order chi connectivity index (χ1) is 16.1. The first-order valence-electron chi connectivity index (χ1n) is 11.8. The van der Waals surface area contributed by atoms with Crippen LogP contribution in [0, 0.1) is 11.3 Å². The molecule has 1 unspecified atom stereocenters. The van der Waals surface area contributed by atoms with Crippen LogP contribution in [0.1, 0.15) is 54.0 Å². The number of hydrogen-bond donors (Lipinski definition) is 1. The zero-order chi connectivity index (χ0) is 27.1. The van der Waals surface area contributed by atoms with Gasteiger partial charge in [-0.1, -0.05) is 78.8 Å². The van der Waals surface area contributed by atoms with Crippen molar-refractivity contribution in [2.45, 2.75) is 72.0 Å². The van der Waals surface area contributed by atoms with Crippen molar-refractivity contribution < 1.29 is 23.9 Å². The Morgan fingerprint density at radius 1 is 1.03 bits per heavy atom. The number of methoxy groups -OCH3 is 1. The van der Waals surface area contributed by atoms with Gasteiger partial charge >= 0.3 is 5.97 Å². The molecule has 35 heavy (non-hydrogen) atoms. The van der Waals surface area contributed by atoms with Gasteiger partial charge in [0.2, 0.25) is 11.8 Å². The van der Waals surface area contributed by atoms with Gasteiger partial charge in [0.05, 0.1) is 19.3 Å². The summed E-state index contributed by atoms with van der Waals surface area (Å²) in [6.45, 7) is 13.1. The van der Waals surface area contributed by atoms with E-state index in [-0.39, 0.29) is 5.92 Å². The van der Waals surface area contributed by atoms with Gasteiger partial charge in [0.15, 0.2) is 0 Å². The lowest BCUT2D eigenvalue weighted by molar-refractivity contribution is -0.155. The topological polar surface area (TPSA) is 96.0 Å². The molecule has 1 N–H and O–H groups in total. The van der Waals surface area contributed by atoms with Crippen molar-refractivity contribution in [3.8, 4) is 0 Å². The molecule has 0 spiro atoms. The molecule has 1 radical (unpaired) electrons. The van der Waals surface area contributed by atoms with Crippen molar-refractivity contribution in [2.24, 2.45) is 11.3 Å². The molecule has 0 aromatic heterocycles. The van der Waals surface area contributed by atoms with Crippen LogP contribution in [0.15, 0.2) is 30.3 Å². The Kier molecular flexibility index (Phi) is 10.7. The molecule has 0 saturated carbocycles. The summed E-state index contributed by atoms with van der Waals surface area (Å²) in [4.78, 5) is 54.1. The minimum absolute atomic E-state index is 0.189. The fourth-order valence-electron chi connectivity index (χ4n) is 4.44. The SMILES string of the molecule is COC(=O)[C@H](C(C)C)N(C)C(=O)[C@@H](NC(=O)C(N(C)[B]C=O)C(C)(C)c1ccccc1)C(C)(C)C. The van der Waals surface area contributed by atoms with Crippen LogP contribution in [0.3, 0.4) is 0 Å². The monoisotopic (exact) mass is 486 g/mol. The van der Waals surface area contributed by atoms with E-state index in [4.69, 9.17) is 4.74 Å². The molecule has 0 fully saturated rings. The molecule has 2 amide bonds. The zero-order valence-electron chi connectivity index (χ0n) is 22.8. The highest BCUT2D eigenvalue weighted by atomic mass is 16.5. The molecule has 1 aromatic rings. The van der Waals surface area contributed by atoms with Gasteiger partial charge < -0.3 is 24.6 Å². The predicted octanol–water partition coefficient (Wildman–Crippen LogP) is 2.26. The first kappa shape index (κ1) is 30.4. The summed E-state index contributed by atoms with van der Waals surface area (Å²) in [5.74, 6) is -1.50. The number of nitrogens with one attached hydrogen (secondary N) is 1. The Bertz CT molecular complexity index is 883. The van der Waals surface area contributed by atoms with Gasteiger partial charge in [-0.3, -0.25) is 9.59 Å². The number of amides is 2. The van der Waals surface area contributed by atoms with Crippen molar-refractivity contribution in [3.63, 3.8) is 0 Å². The average Bonchev–Trinajstić information content (AvgIpc) is 2.76. The molecule has 1 aromatic carbocycles. The number of esters is 1. The van der Waals surface area contributed by atoms with Crippen molar-refractivity contribution in [2.75, 3.05) is 21.2 Å². The molecule has 0 heterocycles. The summed E-state index contributed by atoms with van der Waals surface area (Å²) in [5.41, 5.74) is -0.455. The highest BCUT2D eigenvalue weighted by Gasteiger charge is 2.44. The van der Waals surface area contributed by atoms with E-state index in [0.29, 0.717) is 6.19 Å². The summed E-state index contributed by atoms with van der Waals surface area (Å²) < 4.78 is 4.92. The minimum atomic E-state index is -0.926. The molecule has 0 saturated heterocycles. The summed E-state index contributed by atoms with van der Waals surface area (Å²) in [7, 11) is 5.80. The smallest absolute Gasteiger partial charge is 0.328 e. The quantitative estimate of drug-likeness (QED) is 0.293. The lowest BCUT2D eigenvalue weighted by Gasteiger charge is -2.42. The van der Waals surface area contributed by atoms with Crippen LogP contribution in [0.5, 0.6) is 0 Å². The van der Waals surface area contributed by atoms with E-state index >= 15 is 0 Å². The second-order valence-corrected chi connectivity index (χ2v) is 10.9. The normalized spacial score (nSPS) is 14.6. The van der Waals surface area contributed by atoms with Gasteiger partial charge in [-0.15, -0.1) is 0 Å².